The standard InChI is InChI=1S/C15H10Cl2N4O/c16-10-1-2-11(12(17)7-10)15(22)19-14-8-13(20-21-14)9-3-5-18-6-4-9/h1-8H,(H2,19,20,21,22). The zero-order valence-corrected chi connectivity index (χ0v) is 12.7. The number of rotatable bonds is 3. The number of nitrogens with zero attached hydrogens (tertiary/aromatic N) is 2. The minimum atomic E-state index is -0.352. The van der Waals surface area contributed by atoms with E-state index in [2.05, 4.69) is 20.5 Å². The van der Waals surface area contributed by atoms with Gasteiger partial charge in [-0.2, -0.15) is 5.10 Å². The van der Waals surface area contributed by atoms with Gasteiger partial charge in [-0.3, -0.25) is 14.9 Å². The van der Waals surface area contributed by atoms with Crippen LogP contribution in [0.25, 0.3) is 11.3 Å². The number of aromatic nitrogens is 3. The van der Waals surface area contributed by atoms with E-state index in [4.69, 9.17) is 23.2 Å². The molecule has 1 aromatic carbocycles. The summed E-state index contributed by atoms with van der Waals surface area (Å²) >= 11 is 11.8. The Bertz CT molecular complexity index is 817. The first-order valence-corrected chi connectivity index (χ1v) is 7.11. The van der Waals surface area contributed by atoms with Crippen molar-refractivity contribution in [2.75, 3.05) is 5.32 Å². The highest BCUT2D eigenvalue weighted by Gasteiger charge is 2.13. The Labute approximate surface area is 136 Å². The molecule has 0 aliphatic heterocycles. The number of carbonyl (C=O) groups excluding carboxylic acids is 1. The Morgan fingerprint density at radius 2 is 1.86 bits per heavy atom. The average molecular weight is 333 g/mol. The van der Waals surface area contributed by atoms with Gasteiger partial charge in [-0.15, -0.1) is 0 Å². The molecule has 0 aliphatic carbocycles. The molecule has 1 amide bonds. The molecule has 0 saturated carbocycles. The molecule has 22 heavy (non-hydrogen) atoms. The van der Waals surface area contributed by atoms with Gasteiger partial charge in [-0.05, 0) is 30.3 Å². The van der Waals surface area contributed by atoms with Crippen molar-refractivity contribution >= 4 is 34.9 Å². The van der Waals surface area contributed by atoms with Crippen LogP contribution in [0, 0.1) is 0 Å². The van der Waals surface area contributed by atoms with Gasteiger partial charge in [0.05, 0.1) is 16.3 Å². The first-order chi connectivity index (χ1) is 10.6. The molecule has 5 nitrogen and oxygen atoms in total. The van der Waals surface area contributed by atoms with Crippen LogP contribution in [0.15, 0.2) is 48.8 Å². The van der Waals surface area contributed by atoms with Crippen LogP contribution in [-0.2, 0) is 0 Å². The molecule has 3 rings (SSSR count). The van der Waals surface area contributed by atoms with Gasteiger partial charge in [0, 0.05) is 29.0 Å². The monoisotopic (exact) mass is 332 g/mol. The molecule has 2 aromatic heterocycles. The molecule has 0 aliphatic rings. The normalized spacial score (nSPS) is 10.5. The lowest BCUT2D eigenvalue weighted by Gasteiger charge is -2.04. The Hall–Kier alpha value is -2.37. The fourth-order valence-corrected chi connectivity index (χ4v) is 2.42. The molecule has 0 saturated heterocycles. The molecule has 0 spiro atoms. The maximum atomic E-state index is 12.2. The number of pyridine rings is 1. The second-order valence-corrected chi connectivity index (χ2v) is 5.32. The molecule has 0 bridgehead atoms. The molecule has 0 fully saturated rings. The number of H-pyrrole nitrogens is 1. The van der Waals surface area contributed by atoms with Gasteiger partial charge in [-0.25, -0.2) is 0 Å². The second-order valence-electron chi connectivity index (χ2n) is 4.48. The van der Waals surface area contributed by atoms with Crippen LogP contribution >= 0.6 is 23.2 Å². The fourth-order valence-electron chi connectivity index (χ4n) is 1.92. The number of amides is 1. The Morgan fingerprint density at radius 3 is 2.59 bits per heavy atom. The highest BCUT2D eigenvalue weighted by atomic mass is 35.5. The first kappa shape index (κ1) is 14.6. The lowest BCUT2D eigenvalue weighted by molar-refractivity contribution is 0.102. The zero-order valence-electron chi connectivity index (χ0n) is 11.2. The van der Waals surface area contributed by atoms with E-state index in [1.165, 1.54) is 6.07 Å². The SMILES string of the molecule is O=C(Nc1cc(-c2ccncc2)[nH]n1)c1ccc(Cl)cc1Cl. The summed E-state index contributed by atoms with van der Waals surface area (Å²) in [7, 11) is 0. The Kier molecular flexibility index (Phi) is 4.09. The minimum absolute atomic E-state index is 0.287. The molecule has 3 aromatic rings. The molecule has 0 unspecified atom stereocenters. The van der Waals surface area contributed by atoms with Crippen molar-refractivity contribution in [2.24, 2.45) is 0 Å². The van der Waals surface area contributed by atoms with Crippen molar-refractivity contribution in [1.29, 1.82) is 0 Å². The van der Waals surface area contributed by atoms with Crippen LogP contribution in [-0.4, -0.2) is 21.1 Å². The summed E-state index contributed by atoms with van der Waals surface area (Å²) in [5.74, 6) is 0.0530. The Balaban J connectivity index is 1.79. The van der Waals surface area contributed by atoms with E-state index in [-0.39, 0.29) is 10.9 Å². The smallest absolute Gasteiger partial charge is 0.258 e. The van der Waals surface area contributed by atoms with E-state index in [0.717, 1.165) is 11.3 Å². The maximum Gasteiger partial charge on any atom is 0.258 e. The average Bonchev–Trinajstić information content (AvgIpc) is 2.96. The summed E-state index contributed by atoms with van der Waals surface area (Å²) in [5, 5.41) is 10.4. The van der Waals surface area contributed by atoms with E-state index >= 15 is 0 Å². The minimum Gasteiger partial charge on any atom is -0.305 e. The van der Waals surface area contributed by atoms with E-state index in [1.807, 2.05) is 12.1 Å². The number of hydrogen-bond donors (Lipinski definition) is 2. The number of aromatic amines is 1. The zero-order chi connectivity index (χ0) is 15.5. The molecular formula is C15H10Cl2N4O. The van der Waals surface area contributed by atoms with Crippen LogP contribution in [0.3, 0.4) is 0 Å². The van der Waals surface area contributed by atoms with Gasteiger partial charge >= 0.3 is 0 Å². The van der Waals surface area contributed by atoms with Crippen molar-refractivity contribution in [2.45, 2.75) is 0 Å². The second kappa shape index (κ2) is 6.17. The van der Waals surface area contributed by atoms with Crippen LogP contribution in [0.5, 0.6) is 0 Å². The predicted octanol–water partition coefficient (Wildman–Crippen LogP) is 4.03. The van der Waals surface area contributed by atoms with Crippen LogP contribution in [0.2, 0.25) is 10.0 Å². The van der Waals surface area contributed by atoms with Crippen molar-refractivity contribution in [3.05, 3.63) is 64.4 Å². The number of nitrogens with one attached hydrogen (secondary N) is 2. The number of hydrogen-bond acceptors (Lipinski definition) is 3. The largest absolute Gasteiger partial charge is 0.305 e. The highest BCUT2D eigenvalue weighted by Crippen LogP contribution is 2.23. The molecule has 0 radical (unpaired) electrons. The van der Waals surface area contributed by atoms with Gasteiger partial charge in [0.15, 0.2) is 5.82 Å². The van der Waals surface area contributed by atoms with Crippen LogP contribution < -0.4 is 5.32 Å². The fraction of sp³-hybridized carbons (Fsp3) is 0. The topological polar surface area (TPSA) is 70.7 Å². The number of anilines is 1. The van der Waals surface area contributed by atoms with Crippen LogP contribution in [0.4, 0.5) is 5.82 Å². The lowest BCUT2D eigenvalue weighted by atomic mass is 10.2. The van der Waals surface area contributed by atoms with E-state index in [9.17, 15) is 4.79 Å². The molecule has 7 heteroatoms. The molecular weight excluding hydrogens is 323 g/mol. The van der Waals surface area contributed by atoms with Crippen LogP contribution in [0.1, 0.15) is 10.4 Å². The molecule has 2 N–H and O–H groups in total. The lowest BCUT2D eigenvalue weighted by Crippen LogP contribution is -2.12. The van der Waals surface area contributed by atoms with Gasteiger partial charge in [0.25, 0.3) is 5.91 Å². The van der Waals surface area contributed by atoms with Gasteiger partial charge in [-0.1, -0.05) is 23.2 Å². The predicted molar refractivity (Wildman–Crippen MR) is 86.2 cm³/mol. The van der Waals surface area contributed by atoms with Crippen molar-refractivity contribution in [1.82, 2.24) is 15.2 Å². The summed E-state index contributed by atoms with van der Waals surface area (Å²) in [6.45, 7) is 0. The third-order valence-electron chi connectivity index (χ3n) is 2.99. The third kappa shape index (κ3) is 3.10. The summed E-state index contributed by atoms with van der Waals surface area (Å²) in [6, 6.07) is 10.1. The van der Waals surface area contributed by atoms with Gasteiger partial charge in [0.1, 0.15) is 0 Å². The molecule has 0 atom stereocenters. The highest BCUT2D eigenvalue weighted by molar-refractivity contribution is 6.37. The summed E-state index contributed by atoms with van der Waals surface area (Å²) in [6.07, 6.45) is 3.36. The number of halogens is 2. The number of benzene rings is 1. The first-order valence-electron chi connectivity index (χ1n) is 6.36. The summed E-state index contributed by atoms with van der Waals surface area (Å²) < 4.78 is 0. The third-order valence-corrected chi connectivity index (χ3v) is 3.53. The van der Waals surface area contributed by atoms with E-state index < -0.39 is 0 Å². The molecule has 110 valence electrons. The van der Waals surface area contributed by atoms with Gasteiger partial charge in [0.2, 0.25) is 0 Å². The summed E-state index contributed by atoms with van der Waals surface area (Å²) in [5.41, 5.74) is 2.03. The molecule has 2 heterocycles. The maximum absolute atomic E-state index is 12.2. The summed E-state index contributed by atoms with van der Waals surface area (Å²) in [4.78, 5) is 16.1. The quantitative estimate of drug-likeness (QED) is 0.760. The van der Waals surface area contributed by atoms with Crippen molar-refractivity contribution in [3.8, 4) is 11.3 Å². The van der Waals surface area contributed by atoms with Gasteiger partial charge < -0.3 is 5.32 Å². The number of carbonyl (C=O) groups is 1. The van der Waals surface area contributed by atoms with E-state index in [1.54, 1.807) is 30.6 Å². The van der Waals surface area contributed by atoms with Crippen molar-refractivity contribution < 1.29 is 4.79 Å². The van der Waals surface area contributed by atoms with Crippen molar-refractivity contribution in [3.63, 3.8) is 0 Å². The Morgan fingerprint density at radius 1 is 1.09 bits per heavy atom. The van der Waals surface area contributed by atoms with E-state index in [0.29, 0.717) is 16.4 Å².